The van der Waals surface area contributed by atoms with Crippen LogP contribution in [0, 0.1) is 11.3 Å². The van der Waals surface area contributed by atoms with Gasteiger partial charge in [0.1, 0.15) is 23.1 Å². The molecule has 28 heavy (non-hydrogen) atoms. The molecule has 4 aromatic rings. The maximum absolute atomic E-state index is 12.7. The van der Waals surface area contributed by atoms with Crippen LogP contribution >= 0.6 is 15.9 Å². The van der Waals surface area contributed by atoms with Crippen LogP contribution in [0.5, 0.6) is 0 Å². The molecule has 0 atom stereocenters. The van der Waals surface area contributed by atoms with Gasteiger partial charge >= 0.3 is 0 Å². The molecule has 0 radical (unpaired) electrons. The molecule has 140 valence electrons. The topological polar surface area (TPSA) is 119 Å². The number of rotatable bonds is 4. The molecule has 4 rings (SSSR count). The van der Waals surface area contributed by atoms with Crippen LogP contribution in [0.2, 0.25) is 0 Å². The van der Waals surface area contributed by atoms with E-state index in [-0.39, 0.29) is 11.3 Å². The second-order valence-corrected chi connectivity index (χ2v) is 6.76. The van der Waals surface area contributed by atoms with Crippen molar-refractivity contribution in [2.75, 3.05) is 5.32 Å². The maximum atomic E-state index is 12.7. The van der Waals surface area contributed by atoms with E-state index in [1.54, 1.807) is 34.6 Å². The third-order valence-electron chi connectivity index (χ3n) is 4.17. The number of amides is 1. The number of fused-ring (bicyclic) bond motifs is 1. The summed E-state index contributed by atoms with van der Waals surface area (Å²) in [6.45, 7) is 2.72. The molecule has 10 nitrogen and oxygen atoms in total. The summed E-state index contributed by atoms with van der Waals surface area (Å²) in [7, 11) is 1.64. The zero-order chi connectivity index (χ0) is 19.8. The SMILES string of the molecule is CCn1cc(Br)c(-c2ccnc3cc(C(=O)Nc4c(C#N)cnn4C)nn23)n1. The van der Waals surface area contributed by atoms with E-state index in [0.717, 1.165) is 11.0 Å². The van der Waals surface area contributed by atoms with Crippen molar-refractivity contribution < 1.29 is 4.79 Å². The summed E-state index contributed by atoms with van der Waals surface area (Å²) in [5, 5.41) is 24.7. The van der Waals surface area contributed by atoms with Crippen LogP contribution in [0.3, 0.4) is 0 Å². The fourth-order valence-electron chi connectivity index (χ4n) is 2.76. The molecule has 0 bridgehead atoms. The van der Waals surface area contributed by atoms with Gasteiger partial charge in [0.2, 0.25) is 0 Å². The zero-order valence-corrected chi connectivity index (χ0v) is 16.5. The van der Waals surface area contributed by atoms with Crippen molar-refractivity contribution in [2.45, 2.75) is 13.5 Å². The van der Waals surface area contributed by atoms with Gasteiger partial charge in [0.05, 0.1) is 16.4 Å². The molecule has 0 unspecified atom stereocenters. The van der Waals surface area contributed by atoms with Crippen LogP contribution in [0.4, 0.5) is 5.82 Å². The summed E-state index contributed by atoms with van der Waals surface area (Å²) in [6.07, 6.45) is 4.91. The molecule has 0 aliphatic heterocycles. The molecule has 0 fully saturated rings. The predicted molar refractivity (Wildman–Crippen MR) is 103 cm³/mol. The molecule has 0 aromatic carbocycles. The fraction of sp³-hybridized carbons (Fsp3) is 0.176. The van der Waals surface area contributed by atoms with E-state index in [1.807, 2.05) is 19.2 Å². The summed E-state index contributed by atoms with van der Waals surface area (Å²) in [4.78, 5) is 16.9. The summed E-state index contributed by atoms with van der Waals surface area (Å²) < 4.78 is 5.60. The van der Waals surface area contributed by atoms with E-state index < -0.39 is 5.91 Å². The van der Waals surface area contributed by atoms with Gasteiger partial charge < -0.3 is 5.32 Å². The van der Waals surface area contributed by atoms with Gasteiger partial charge in [0.15, 0.2) is 11.3 Å². The van der Waals surface area contributed by atoms with Crippen molar-refractivity contribution in [1.82, 2.24) is 34.2 Å². The molecule has 4 aromatic heterocycles. The quantitative estimate of drug-likeness (QED) is 0.520. The van der Waals surface area contributed by atoms with Gasteiger partial charge in [0, 0.05) is 32.1 Å². The number of nitrogens with zero attached hydrogens (tertiary/aromatic N) is 8. The average molecular weight is 440 g/mol. The predicted octanol–water partition coefficient (Wildman–Crippen LogP) is 2.23. The lowest BCUT2D eigenvalue weighted by Gasteiger charge is -2.04. The molecule has 1 N–H and O–H groups in total. The van der Waals surface area contributed by atoms with E-state index in [9.17, 15) is 4.79 Å². The van der Waals surface area contributed by atoms with Crippen LogP contribution in [-0.4, -0.2) is 40.1 Å². The van der Waals surface area contributed by atoms with Crippen molar-refractivity contribution in [2.24, 2.45) is 7.05 Å². The van der Waals surface area contributed by atoms with Crippen molar-refractivity contribution in [3.63, 3.8) is 0 Å². The second-order valence-electron chi connectivity index (χ2n) is 5.91. The summed E-state index contributed by atoms with van der Waals surface area (Å²) in [5.41, 5.74) is 2.33. The number of anilines is 1. The van der Waals surface area contributed by atoms with Crippen molar-refractivity contribution >= 4 is 33.3 Å². The van der Waals surface area contributed by atoms with Gasteiger partial charge in [-0.2, -0.15) is 20.6 Å². The Morgan fingerprint density at radius 3 is 2.93 bits per heavy atom. The molecule has 0 spiro atoms. The minimum Gasteiger partial charge on any atom is -0.304 e. The number of halogens is 1. The first-order valence-electron chi connectivity index (χ1n) is 8.33. The van der Waals surface area contributed by atoms with Gasteiger partial charge in [-0.15, -0.1) is 0 Å². The molecular formula is C17H14BrN9O. The number of nitriles is 1. The lowest BCUT2D eigenvalue weighted by Crippen LogP contribution is -2.16. The third kappa shape index (κ3) is 2.93. The minimum atomic E-state index is -0.463. The first-order valence-corrected chi connectivity index (χ1v) is 9.12. The largest absolute Gasteiger partial charge is 0.304 e. The third-order valence-corrected chi connectivity index (χ3v) is 4.75. The number of hydrogen-bond donors (Lipinski definition) is 1. The van der Waals surface area contributed by atoms with Crippen LogP contribution in [0.15, 0.2) is 35.2 Å². The lowest BCUT2D eigenvalue weighted by molar-refractivity contribution is 0.102. The Morgan fingerprint density at radius 2 is 2.21 bits per heavy atom. The van der Waals surface area contributed by atoms with Crippen molar-refractivity contribution in [3.8, 4) is 17.5 Å². The molecule has 11 heteroatoms. The van der Waals surface area contributed by atoms with Crippen LogP contribution in [-0.2, 0) is 13.6 Å². The number of aromatic nitrogens is 7. The Labute approximate surface area is 167 Å². The number of carbonyl (C=O) groups is 1. The van der Waals surface area contributed by atoms with Crippen molar-refractivity contribution in [3.05, 3.63) is 46.5 Å². The molecule has 0 aliphatic rings. The highest BCUT2D eigenvalue weighted by molar-refractivity contribution is 9.10. The number of nitrogens with one attached hydrogen (secondary N) is 1. The monoisotopic (exact) mass is 439 g/mol. The van der Waals surface area contributed by atoms with Crippen LogP contribution < -0.4 is 5.32 Å². The Bertz CT molecular complexity index is 1240. The van der Waals surface area contributed by atoms with Gasteiger partial charge in [-0.1, -0.05) is 0 Å². The van der Waals surface area contributed by atoms with Gasteiger partial charge in [-0.05, 0) is 28.9 Å². The van der Waals surface area contributed by atoms with E-state index in [1.165, 1.54) is 10.9 Å². The molecule has 0 saturated carbocycles. The molecular weight excluding hydrogens is 426 g/mol. The summed E-state index contributed by atoms with van der Waals surface area (Å²) >= 11 is 3.52. The highest BCUT2D eigenvalue weighted by Gasteiger charge is 2.19. The number of hydrogen-bond acceptors (Lipinski definition) is 6. The van der Waals surface area contributed by atoms with Crippen LogP contribution in [0.1, 0.15) is 23.0 Å². The number of carbonyl (C=O) groups excluding carboxylic acids is 1. The molecule has 0 saturated heterocycles. The van der Waals surface area contributed by atoms with E-state index >= 15 is 0 Å². The van der Waals surface area contributed by atoms with Crippen LogP contribution in [0.25, 0.3) is 17.0 Å². The zero-order valence-electron chi connectivity index (χ0n) is 15.0. The second kappa shape index (κ2) is 6.90. The number of aryl methyl sites for hydroxylation is 2. The minimum absolute atomic E-state index is 0.163. The smallest absolute Gasteiger partial charge is 0.277 e. The van der Waals surface area contributed by atoms with Gasteiger partial charge in [0.25, 0.3) is 5.91 Å². The summed E-state index contributed by atoms with van der Waals surface area (Å²) in [5.74, 6) is -0.156. The van der Waals surface area contributed by atoms with Gasteiger partial charge in [-0.25, -0.2) is 9.50 Å². The Balaban J connectivity index is 1.74. The first-order chi connectivity index (χ1) is 13.5. The molecule has 0 aliphatic carbocycles. The first kappa shape index (κ1) is 17.9. The Hall–Kier alpha value is -3.52. The molecule has 1 amide bonds. The fourth-order valence-corrected chi connectivity index (χ4v) is 3.28. The Morgan fingerprint density at radius 1 is 1.39 bits per heavy atom. The molecule has 4 heterocycles. The Kier molecular flexibility index (Phi) is 4.40. The normalized spacial score (nSPS) is 10.9. The van der Waals surface area contributed by atoms with Crippen molar-refractivity contribution in [1.29, 1.82) is 5.26 Å². The van der Waals surface area contributed by atoms with E-state index in [0.29, 0.717) is 22.9 Å². The standard InChI is InChI=1S/C17H14BrN9O/c1-3-26-9-11(18)15(24-26)13-4-5-20-14-6-12(23-27(13)14)17(28)22-16-10(7-19)8-21-25(16)2/h4-6,8-9H,3H2,1-2H3,(H,22,28). The van der Waals surface area contributed by atoms with Gasteiger partial charge in [-0.3, -0.25) is 14.2 Å². The highest BCUT2D eigenvalue weighted by Crippen LogP contribution is 2.27. The average Bonchev–Trinajstić information content (AvgIpc) is 3.38. The van der Waals surface area contributed by atoms with E-state index in [4.69, 9.17) is 5.26 Å². The summed E-state index contributed by atoms with van der Waals surface area (Å²) in [6, 6.07) is 5.35. The maximum Gasteiger partial charge on any atom is 0.277 e. The highest BCUT2D eigenvalue weighted by atomic mass is 79.9. The van der Waals surface area contributed by atoms with E-state index in [2.05, 4.69) is 41.5 Å². The lowest BCUT2D eigenvalue weighted by atomic mass is 10.3.